The molecule has 1 fully saturated rings. The van der Waals surface area contributed by atoms with Gasteiger partial charge >= 0.3 is 6.18 Å². The molecule has 118 valence electrons. The summed E-state index contributed by atoms with van der Waals surface area (Å²) in [5, 5.41) is 3.23. The third-order valence-corrected chi connectivity index (χ3v) is 3.79. The van der Waals surface area contributed by atoms with E-state index in [4.69, 9.17) is 0 Å². The Morgan fingerprint density at radius 3 is 2.81 bits per heavy atom. The Morgan fingerprint density at radius 2 is 2.14 bits per heavy atom. The van der Waals surface area contributed by atoms with E-state index in [0.29, 0.717) is 25.3 Å². The summed E-state index contributed by atoms with van der Waals surface area (Å²) in [6.07, 6.45) is -3.34. The van der Waals surface area contributed by atoms with Gasteiger partial charge in [-0.25, -0.2) is 4.98 Å². The maximum absolute atomic E-state index is 12.9. The molecule has 0 bridgehead atoms. The van der Waals surface area contributed by atoms with Crippen molar-refractivity contribution in [2.24, 2.45) is 5.92 Å². The molecule has 6 heteroatoms. The number of hydrogen-bond donors (Lipinski definition) is 1. The topological polar surface area (TPSA) is 28.2 Å². The smallest absolute Gasteiger partial charge is 0.356 e. The maximum Gasteiger partial charge on any atom is 0.393 e. The van der Waals surface area contributed by atoms with Gasteiger partial charge in [-0.1, -0.05) is 6.92 Å². The van der Waals surface area contributed by atoms with E-state index in [-0.39, 0.29) is 13.0 Å². The summed E-state index contributed by atoms with van der Waals surface area (Å²) in [5.74, 6) is -0.581. The van der Waals surface area contributed by atoms with E-state index in [9.17, 15) is 13.2 Å². The lowest BCUT2D eigenvalue weighted by Gasteiger charge is -2.34. The Balaban J connectivity index is 2.15. The first-order chi connectivity index (χ1) is 9.90. The first kappa shape index (κ1) is 16.1. The molecule has 1 aromatic heterocycles. The van der Waals surface area contributed by atoms with Gasteiger partial charge in [0.2, 0.25) is 0 Å². The highest BCUT2D eigenvalue weighted by Gasteiger charge is 2.42. The van der Waals surface area contributed by atoms with Crippen LogP contribution in [-0.4, -0.2) is 30.8 Å². The zero-order chi connectivity index (χ0) is 15.5. The predicted octanol–water partition coefficient (Wildman–Crippen LogP) is 3.28. The summed E-state index contributed by atoms with van der Waals surface area (Å²) in [6.45, 7) is 6.13. The van der Waals surface area contributed by atoms with E-state index in [1.54, 1.807) is 4.90 Å². The van der Waals surface area contributed by atoms with Crippen LogP contribution in [0.2, 0.25) is 0 Å². The van der Waals surface area contributed by atoms with Crippen molar-refractivity contribution in [3.63, 3.8) is 0 Å². The molecule has 0 aliphatic carbocycles. The molecule has 1 atom stereocenters. The molecule has 1 saturated heterocycles. The van der Waals surface area contributed by atoms with Gasteiger partial charge in [-0.2, -0.15) is 13.2 Å². The molecule has 0 aromatic carbocycles. The van der Waals surface area contributed by atoms with Gasteiger partial charge in [0.05, 0.1) is 5.92 Å². The Kier molecular flexibility index (Phi) is 5.08. The fourth-order valence-corrected chi connectivity index (χ4v) is 2.71. The average Bonchev–Trinajstić information content (AvgIpc) is 2.44. The van der Waals surface area contributed by atoms with Crippen LogP contribution in [0.4, 0.5) is 19.0 Å². The number of hydrogen-bond acceptors (Lipinski definition) is 3. The number of aromatic nitrogens is 1. The summed E-state index contributed by atoms with van der Waals surface area (Å²) in [5.41, 5.74) is 1.91. The summed E-state index contributed by atoms with van der Waals surface area (Å²) in [4.78, 5) is 6.18. The molecule has 0 spiro atoms. The number of anilines is 1. The lowest BCUT2D eigenvalue weighted by Crippen LogP contribution is -2.42. The summed E-state index contributed by atoms with van der Waals surface area (Å²) in [6, 6.07) is 3.87. The van der Waals surface area contributed by atoms with Gasteiger partial charge in [-0.15, -0.1) is 0 Å². The van der Waals surface area contributed by atoms with Gasteiger partial charge in [0.1, 0.15) is 5.82 Å². The first-order valence-electron chi connectivity index (χ1n) is 7.40. The van der Waals surface area contributed by atoms with Crippen molar-refractivity contribution >= 4 is 5.82 Å². The van der Waals surface area contributed by atoms with Crippen molar-refractivity contribution in [3.8, 4) is 0 Å². The third kappa shape index (κ3) is 4.33. The largest absolute Gasteiger partial charge is 0.393 e. The number of rotatable bonds is 4. The Labute approximate surface area is 123 Å². The SMILES string of the molecule is CCNCc1cc(C)nc(N2CCCC(C(F)(F)F)C2)c1. The second-order valence-electron chi connectivity index (χ2n) is 5.58. The van der Waals surface area contributed by atoms with Gasteiger partial charge < -0.3 is 10.2 Å². The predicted molar refractivity (Wildman–Crippen MR) is 77.3 cm³/mol. The van der Waals surface area contributed by atoms with Crippen molar-refractivity contribution in [1.82, 2.24) is 10.3 Å². The second kappa shape index (κ2) is 6.64. The summed E-state index contributed by atoms with van der Waals surface area (Å²) in [7, 11) is 0. The molecule has 1 aromatic rings. The normalized spacial score (nSPS) is 19.9. The van der Waals surface area contributed by atoms with Crippen LogP contribution in [-0.2, 0) is 6.54 Å². The van der Waals surface area contributed by atoms with Crippen LogP contribution >= 0.6 is 0 Å². The molecule has 1 unspecified atom stereocenters. The molecule has 21 heavy (non-hydrogen) atoms. The fraction of sp³-hybridized carbons (Fsp3) is 0.667. The number of nitrogens with one attached hydrogen (secondary N) is 1. The van der Waals surface area contributed by atoms with Crippen molar-refractivity contribution in [2.75, 3.05) is 24.5 Å². The van der Waals surface area contributed by atoms with Crippen LogP contribution in [0, 0.1) is 12.8 Å². The number of nitrogens with zero attached hydrogens (tertiary/aromatic N) is 2. The van der Waals surface area contributed by atoms with Crippen LogP contribution < -0.4 is 10.2 Å². The van der Waals surface area contributed by atoms with E-state index in [1.807, 2.05) is 26.0 Å². The molecule has 1 aliphatic heterocycles. The van der Waals surface area contributed by atoms with Crippen LogP contribution in [0.15, 0.2) is 12.1 Å². The zero-order valence-corrected chi connectivity index (χ0v) is 12.5. The Hall–Kier alpha value is -1.30. The Morgan fingerprint density at radius 1 is 1.38 bits per heavy atom. The number of alkyl halides is 3. The van der Waals surface area contributed by atoms with Crippen molar-refractivity contribution in [2.45, 2.75) is 39.4 Å². The lowest BCUT2D eigenvalue weighted by atomic mass is 9.97. The number of aryl methyl sites for hydroxylation is 1. The van der Waals surface area contributed by atoms with Crippen molar-refractivity contribution < 1.29 is 13.2 Å². The minimum absolute atomic E-state index is 0.0145. The molecular formula is C15H22F3N3. The summed E-state index contributed by atoms with van der Waals surface area (Å²) < 4.78 is 38.7. The van der Waals surface area contributed by atoms with Gasteiger partial charge in [0, 0.05) is 25.3 Å². The van der Waals surface area contributed by atoms with Crippen molar-refractivity contribution in [3.05, 3.63) is 23.4 Å². The number of pyridine rings is 1. The van der Waals surface area contributed by atoms with Gasteiger partial charge in [0.15, 0.2) is 0 Å². The van der Waals surface area contributed by atoms with Gasteiger partial charge in [0.25, 0.3) is 0 Å². The molecule has 1 aliphatic rings. The van der Waals surface area contributed by atoms with E-state index in [1.165, 1.54) is 0 Å². The molecule has 0 amide bonds. The number of halogens is 3. The monoisotopic (exact) mass is 301 g/mol. The Bertz CT molecular complexity index is 474. The standard InChI is InChI=1S/C15H22F3N3/c1-3-19-9-12-7-11(2)20-14(8-12)21-6-4-5-13(10-21)15(16,17)18/h7-8,13,19H,3-6,9-10H2,1-2H3. The maximum atomic E-state index is 12.9. The van der Waals surface area contributed by atoms with Crippen molar-refractivity contribution in [1.29, 1.82) is 0 Å². The minimum Gasteiger partial charge on any atom is -0.356 e. The van der Waals surface area contributed by atoms with Crippen LogP contribution in [0.3, 0.4) is 0 Å². The first-order valence-corrected chi connectivity index (χ1v) is 7.40. The van der Waals surface area contributed by atoms with Gasteiger partial charge in [-0.3, -0.25) is 0 Å². The molecule has 0 radical (unpaired) electrons. The third-order valence-electron chi connectivity index (χ3n) is 3.79. The van der Waals surface area contributed by atoms with E-state index < -0.39 is 12.1 Å². The molecule has 0 saturated carbocycles. The van der Waals surface area contributed by atoms with Crippen LogP contribution in [0.5, 0.6) is 0 Å². The number of piperidine rings is 1. The molecule has 2 rings (SSSR count). The minimum atomic E-state index is -4.12. The summed E-state index contributed by atoms with van der Waals surface area (Å²) >= 11 is 0. The van der Waals surface area contributed by atoms with E-state index in [2.05, 4.69) is 10.3 Å². The quantitative estimate of drug-likeness (QED) is 0.925. The highest BCUT2D eigenvalue weighted by molar-refractivity contribution is 5.43. The zero-order valence-electron chi connectivity index (χ0n) is 12.5. The average molecular weight is 301 g/mol. The van der Waals surface area contributed by atoms with E-state index in [0.717, 1.165) is 17.8 Å². The molecule has 2 heterocycles. The van der Waals surface area contributed by atoms with E-state index >= 15 is 0 Å². The molecule has 1 N–H and O–H groups in total. The molecule has 3 nitrogen and oxygen atoms in total. The molecular weight excluding hydrogens is 279 g/mol. The lowest BCUT2D eigenvalue weighted by molar-refractivity contribution is -0.176. The van der Waals surface area contributed by atoms with Gasteiger partial charge in [-0.05, 0) is 44.0 Å². The highest BCUT2D eigenvalue weighted by Crippen LogP contribution is 2.34. The fourth-order valence-electron chi connectivity index (χ4n) is 2.71. The second-order valence-corrected chi connectivity index (χ2v) is 5.58. The van der Waals surface area contributed by atoms with Crippen LogP contribution in [0.1, 0.15) is 31.0 Å². The van der Waals surface area contributed by atoms with Crippen LogP contribution in [0.25, 0.3) is 0 Å². The highest BCUT2D eigenvalue weighted by atomic mass is 19.4.